The minimum absolute atomic E-state index is 0.399. The summed E-state index contributed by atoms with van der Waals surface area (Å²) in [5.41, 5.74) is 2.32. The number of rotatable bonds is 6. The fraction of sp³-hybridized carbons (Fsp3) is 0.312. The Morgan fingerprint density at radius 3 is 2.90 bits per heavy atom. The SMILES string of the molecule is CCCn1ccc(CNc2ccc(Cl)cc2C(=O)OC)c1. The highest BCUT2D eigenvalue weighted by atomic mass is 35.5. The second-order valence-electron chi connectivity index (χ2n) is 4.79. The van der Waals surface area contributed by atoms with Crippen LogP contribution in [-0.4, -0.2) is 17.6 Å². The largest absolute Gasteiger partial charge is 0.465 e. The predicted molar refractivity (Wildman–Crippen MR) is 84.8 cm³/mol. The number of anilines is 1. The molecule has 0 amide bonds. The zero-order valence-electron chi connectivity index (χ0n) is 12.2. The van der Waals surface area contributed by atoms with E-state index in [9.17, 15) is 4.79 Å². The molecule has 4 nitrogen and oxygen atoms in total. The van der Waals surface area contributed by atoms with E-state index in [1.54, 1.807) is 18.2 Å². The molecule has 0 atom stereocenters. The van der Waals surface area contributed by atoms with Gasteiger partial charge in [-0.15, -0.1) is 0 Å². The topological polar surface area (TPSA) is 43.3 Å². The third-order valence-corrected chi connectivity index (χ3v) is 3.40. The first-order valence-electron chi connectivity index (χ1n) is 6.90. The first-order chi connectivity index (χ1) is 10.1. The van der Waals surface area contributed by atoms with Crippen molar-refractivity contribution in [3.8, 4) is 0 Å². The highest BCUT2D eigenvalue weighted by Gasteiger charge is 2.12. The maximum atomic E-state index is 11.8. The van der Waals surface area contributed by atoms with Gasteiger partial charge in [-0.1, -0.05) is 18.5 Å². The van der Waals surface area contributed by atoms with E-state index in [-0.39, 0.29) is 0 Å². The highest BCUT2D eigenvalue weighted by Crippen LogP contribution is 2.22. The molecule has 0 aliphatic rings. The van der Waals surface area contributed by atoms with Crippen LogP contribution in [0.4, 0.5) is 5.69 Å². The van der Waals surface area contributed by atoms with Crippen molar-refractivity contribution in [2.75, 3.05) is 12.4 Å². The van der Waals surface area contributed by atoms with Gasteiger partial charge in [-0.25, -0.2) is 4.79 Å². The highest BCUT2D eigenvalue weighted by molar-refractivity contribution is 6.31. The summed E-state index contributed by atoms with van der Waals surface area (Å²) in [4.78, 5) is 11.8. The van der Waals surface area contributed by atoms with Crippen LogP contribution in [0.2, 0.25) is 5.02 Å². The third kappa shape index (κ3) is 4.02. The van der Waals surface area contributed by atoms with Gasteiger partial charge in [-0.2, -0.15) is 0 Å². The molecule has 1 aromatic heterocycles. The van der Waals surface area contributed by atoms with E-state index in [2.05, 4.69) is 35.3 Å². The molecular formula is C16H19ClN2O2. The van der Waals surface area contributed by atoms with Crippen molar-refractivity contribution in [1.29, 1.82) is 0 Å². The smallest absolute Gasteiger partial charge is 0.340 e. The fourth-order valence-corrected chi connectivity index (χ4v) is 2.31. The summed E-state index contributed by atoms with van der Waals surface area (Å²) in [6, 6.07) is 7.21. The van der Waals surface area contributed by atoms with Crippen molar-refractivity contribution in [3.05, 3.63) is 52.8 Å². The van der Waals surface area contributed by atoms with Gasteiger partial charge in [0, 0.05) is 36.2 Å². The van der Waals surface area contributed by atoms with Gasteiger partial charge in [0.15, 0.2) is 0 Å². The van der Waals surface area contributed by atoms with Gasteiger partial charge in [0.05, 0.1) is 12.7 Å². The van der Waals surface area contributed by atoms with Crippen LogP contribution in [0, 0.1) is 0 Å². The van der Waals surface area contributed by atoms with Crippen molar-refractivity contribution in [3.63, 3.8) is 0 Å². The number of hydrogen-bond donors (Lipinski definition) is 1. The fourth-order valence-electron chi connectivity index (χ4n) is 2.14. The molecule has 0 unspecified atom stereocenters. The second kappa shape index (κ2) is 7.18. The number of hydrogen-bond acceptors (Lipinski definition) is 3. The number of aryl methyl sites for hydroxylation is 1. The average molecular weight is 307 g/mol. The number of nitrogens with one attached hydrogen (secondary N) is 1. The van der Waals surface area contributed by atoms with E-state index in [1.807, 2.05) is 0 Å². The van der Waals surface area contributed by atoms with E-state index >= 15 is 0 Å². The molecule has 1 aromatic carbocycles. The van der Waals surface area contributed by atoms with Crippen molar-refractivity contribution in [2.45, 2.75) is 26.4 Å². The lowest BCUT2D eigenvalue weighted by Gasteiger charge is -2.10. The summed E-state index contributed by atoms with van der Waals surface area (Å²) in [5.74, 6) is -0.399. The number of benzene rings is 1. The molecule has 112 valence electrons. The van der Waals surface area contributed by atoms with Gasteiger partial charge >= 0.3 is 5.97 Å². The predicted octanol–water partition coefficient (Wildman–Crippen LogP) is 3.95. The minimum Gasteiger partial charge on any atom is -0.465 e. The van der Waals surface area contributed by atoms with Crippen LogP contribution in [0.1, 0.15) is 29.3 Å². The Kier molecular flexibility index (Phi) is 5.28. The quantitative estimate of drug-likeness (QED) is 0.822. The molecule has 0 aliphatic carbocycles. The van der Waals surface area contributed by atoms with Crippen molar-refractivity contribution in [2.24, 2.45) is 0 Å². The molecule has 0 saturated carbocycles. The molecule has 0 spiro atoms. The third-order valence-electron chi connectivity index (χ3n) is 3.16. The zero-order valence-corrected chi connectivity index (χ0v) is 13.0. The maximum absolute atomic E-state index is 11.8. The molecule has 21 heavy (non-hydrogen) atoms. The summed E-state index contributed by atoms with van der Waals surface area (Å²) < 4.78 is 6.93. The number of esters is 1. The Hall–Kier alpha value is -1.94. The van der Waals surface area contributed by atoms with E-state index in [1.165, 1.54) is 7.11 Å². The number of halogens is 1. The first-order valence-corrected chi connectivity index (χ1v) is 7.28. The average Bonchev–Trinajstić information content (AvgIpc) is 2.93. The molecule has 2 aromatic rings. The number of nitrogens with zero attached hydrogens (tertiary/aromatic N) is 1. The van der Waals surface area contributed by atoms with Crippen LogP contribution in [-0.2, 0) is 17.8 Å². The lowest BCUT2D eigenvalue weighted by Crippen LogP contribution is -2.08. The zero-order chi connectivity index (χ0) is 15.2. The normalized spacial score (nSPS) is 10.4. The Labute approximate surface area is 129 Å². The van der Waals surface area contributed by atoms with Gasteiger partial charge in [-0.3, -0.25) is 0 Å². The number of methoxy groups -OCH3 is 1. The summed E-state index contributed by atoms with van der Waals surface area (Å²) in [6.45, 7) is 3.80. The summed E-state index contributed by atoms with van der Waals surface area (Å²) in [6.07, 6.45) is 5.26. The first kappa shape index (κ1) is 15.4. The number of carbonyl (C=O) groups excluding carboxylic acids is 1. The molecule has 5 heteroatoms. The van der Waals surface area contributed by atoms with Crippen LogP contribution in [0.3, 0.4) is 0 Å². The Morgan fingerprint density at radius 1 is 1.38 bits per heavy atom. The van der Waals surface area contributed by atoms with Gasteiger partial charge in [-0.05, 0) is 36.2 Å². The van der Waals surface area contributed by atoms with Crippen LogP contribution >= 0.6 is 11.6 Å². The standard InChI is InChI=1S/C16H19ClN2O2/c1-3-7-19-8-6-12(11-19)10-18-15-5-4-13(17)9-14(15)16(20)21-2/h4-6,8-9,11,18H,3,7,10H2,1-2H3. The van der Waals surface area contributed by atoms with Crippen LogP contribution < -0.4 is 5.32 Å². The van der Waals surface area contributed by atoms with E-state index in [0.29, 0.717) is 17.1 Å². The molecule has 0 radical (unpaired) electrons. The number of ether oxygens (including phenoxy) is 1. The lowest BCUT2D eigenvalue weighted by molar-refractivity contribution is 0.0602. The molecule has 0 saturated heterocycles. The maximum Gasteiger partial charge on any atom is 0.340 e. The van der Waals surface area contributed by atoms with E-state index in [4.69, 9.17) is 16.3 Å². The number of carbonyl (C=O) groups is 1. The van der Waals surface area contributed by atoms with E-state index < -0.39 is 5.97 Å². The van der Waals surface area contributed by atoms with Crippen LogP contribution in [0.5, 0.6) is 0 Å². The Morgan fingerprint density at radius 2 is 2.19 bits per heavy atom. The second-order valence-corrected chi connectivity index (χ2v) is 5.23. The summed E-state index contributed by atoms with van der Waals surface area (Å²) >= 11 is 5.93. The molecule has 0 aliphatic heterocycles. The molecule has 2 rings (SSSR count). The Balaban J connectivity index is 2.10. The molecule has 0 fully saturated rings. The van der Waals surface area contributed by atoms with Gasteiger partial charge in [0.25, 0.3) is 0 Å². The van der Waals surface area contributed by atoms with Crippen LogP contribution in [0.15, 0.2) is 36.7 Å². The van der Waals surface area contributed by atoms with Crippen molar-refractivity contribution >= 4 is 23.3 Å². The molecular weight excluding hydrogens is 288 g/mol. The van der Waals surface area contributed by atoms with Gasteiger partial charge in [0.2, 0.25) is 0 Å². The number of aromatic nitrogens is 1. The monoisotopic (exact) mass is 306 g/mol. The van der Waals surface area contributed by atoms with E-state index in [0.717, 1.165) is 24.2 Å². The van der Waals surface area contributed by atoms with Crippen molar-refractivity contribution in [1.82, 2.24) is 4.57 Å². The van der Waals surface area contributed by atoms with Gasteiger partial charge in [0.1, 0.15) is 0 Å². The van der Waals surface area contributed by atoms with Crippen molar-refractivity contribution < 1.29 is 9.53 Å². The minimum atomic E-state index is -0.399. The lowest BCUT2D eigenvalue weighted by atomic mass is 10.1. The molecule has 0 bridgehead atoms. The van der Waals surface area contributed by atoms with Crippen LogP contribution in [0.25, 0.3) is 0 Å². The molecule has 1 heterocycles. The van der Waals surface area contributed by atoms with Gasteiger partial charge < -0.3 is 14.6 Å². The Bertz CT molecular complexity index is 622. The summed E-state index contributed by atoms with van der Waals surface area (Å²) in [5, 5.41) is 3.76. The summed E-state index contributed by atoms with van der Waals surface area (Å²) in [7, 11) is 1.36. The molecule has 1 N–H and O–H groups in total.